The fourth-order valence-electron chi connectivity index (χ4n) is 4.12. The van der Waals surface area contributed by atoms with E-state index in [1.165, 1.54) is 47.6 Å². The number of carbonyl (C=O) groups is 1. The molecule has 3 atom stereocenters. The average Bonchev–Trinajstić information content (AvgIpc) is 3.04. The molecule has 4 rings (SSSR count). The topological polar surface area (TPSA) is 60.7 Å². The van der Waals surface area contributed by atoms with Crippen LogP contribution in [0.3, 0.4) is 0 Å². The lowest BCUT2D eigenvalue weighted by Crippen LogP contribution is -2.34. The van der Waals surface area contributed by atoms with Gasteiger partial charge in [0.15, 0.2) is 4.96 Å². The summed E-state index contributed by atoms with van der Waals surface area (Å²) in [5.74, 6) is 0.976. The highest BCUT2D eigenvalue weighted by molar-refractivity contribution is 7.15. The highest BCUT2D eigenvalue weighted by Gasteiger charge is 2.34. The van der Waals surface area contributed by atoms with E-state index in [4.69, 9.17) is 4.74 Å². The second-order valence-corrected chi connectivity index (χ2v) is 7.55. The normalized spacial score (nSPS) is 27.6. The Kier molecular flexibility index (Phi) is 3.93. The maximum absolute atomic E-state index is 12.4. The van der Waals surface area contributed by atoms with Crippen molar-refractivity contribution in [3.63, 3.8) is 0 Å². The lowest BCUT2D eigenvalue weighted by Gasteiger charge is -2.38. The van der Waals surface area contributed by atoms with Gasteiger partial charge in [0, 0.05) is 11.6 Å². The predicted molar refractivity (Wildman–Crippen MR) is 87.8 cm³/mol. The summed E-state index contributed by atoms with van der Waals surface area (Å²) in [6.45, 7) is 0. The first-order valence-corrected chi connectivity index (χ1v) is 9.26. The van der Waals surface area contributed by atoms with E-state index in [0.717, 1.165) is 25.2 Å². The Morgan fingerprint density at radius 1 is 1.22 bits per heavy atom. The molecule has 2 saturated carbocycles. The number of fused-ring (bicyclic) bond motifs is 2. The van der Waals surface area contributed by atoms with Gasteiger partial charge < -0.3 is 4.74 Å². The molecule has 0 spiro atoms. The van der Waals surface area contributed by atoms with Crippen LogP contribution in [0.4, 0.5) is 0 Å². The van der Waals surface area contributed by atoms with Gasteiger partial charge >= 0.3 is 5.97 Å². The van der Waals surface area contributed by atoms with Crippen LogP contribution in [0.25, 0.3) is 4.96 Å². The fraction of sp³-hybridized carbons (Fsp3) is 0.588. The third-order valence-corrected chi connectivity index (χ3v) is 6.10. The van der Waals surface area contributed by atoms with Crippen molar-refractivity contribution in [3.8, 4) is 0 Å². The van der Waals surface area contributed by atoms with Gasteiger partial charge in [-0.2, -0.15) is 0 Å². The molecular weight excluding hydrogens is 312 g/mol. The lowest BCUT2D eigenvalue weighted by molar-refractivity contribution is -0.00113. The van der Waals surface area contributed by atoms with Crippen molar-refractivity contribution in [1.82, 2.24) is 9.38 Å². The molecule has 5 nitrogen and oxygen atoms in total. The fourth-order valence-corrected chi connectivity index (χ4v) is 4.79. The highest BCUT2D eigenvalue weighted by atomic mass is 32.1. The zero-order chi connectivity index (χ0) is 15.8. The van der Waals surface area contributed by atoms with Crippen molar-refractivity contribution in [3.05, 3.63) is 33.7 Å². The second kappa shape index (κ2) is 6.07. The molecule has 0 radical (unpaired) electrons. The molecule has 0 amide bonds. The molecule has 0 bridgehead atoms. The van der Waals surface area contributed by atoms with Crippen LogP contribution in [-0.2, 0) is 4.74 Å². The first-order chi connectivity index (χ1) is 11.2. The molecule has 0 N–H and O–H groups in total. The van der Waals surface area contributed by atoms with Crippen molar-refractivity contribution >= 4 is 22.3 Å². The van der Waals surface area contributed by atoms with Gasteiger partial charge in [-0.25, -0.2) is 9.78 Å². The average molecular weight is 332 g/mol. The molecule has 6 heteroatoms. The Morgan fingerprint density at radius 2 is 2.04 bits per heavy atom. The predicted octanol–water partition coefficient (Wildman–Crippen LogP) is 3.27. The van der Waals surface area contributed by atoms with Gasteiger partial charge in [-0.3, -0.25) is 9.20 Å². The quantitative estimate of drug-likeness (QED) is 0.792. The summed E-state index contributed by atoms with van der Waals surface area (Å²) in [4.78, 5) is 29.5. The van der Waals surface area contributed by atoms with Crippen molar-refractivity contribution in [2.45, 2.75) is 51.0 Å². The molecule has 0 unspecified atom stereocenters. The van der Waals surface area contributed by atoms with Crippen LogP contribution in [0, 0.1) is 11.8 Å². The first-order valence-electron chi connectivity index (χ1n) is 8.38. The van der Waals surface area contributed by atoms with Gasteiger partial charge in [0.2, 0.25) is 0 Å². The maximum Gasteiger partial charge on any atom is 0.345 e. The van der Waals surface area contributed by atoms with E-state index >= 15 is 0 Å². The maximum atomic E-state index is 12.4. The minimum Gasteiger partial charge on any atom is -0.459 e. The third kappa shape index (κ3) is 2.80. The molecule has 2 aliphatic rings. The molecule has 0 saturated heterocycles. The molecule has 2 heterocycles. The van der Waals surface area contributed by atoms with E-state index in [0.29, 0.717) is 10.9 Å². The van der Waals surface area contributed by atoms with Crippen molar-refractivity contribution in [2.24, 2.45) is 11.8 Å². The van der Waals surface area contributed by atoms with Gasteiger partial charge in [0.25, 0.3) is 5.56 Å². The van der Waals surface area contributed by atoms with Crippen LogP contribution in [-0.4, -0.2) is 21.5 Å². The van der Waals surface area contributed by atoms with Gasteiger partial charge in [0.05, 0.1) is 6.20 Å². The largest absolute Gasteiger partial charge is 0.459 e. The number of hydrogen-bond acceptors (Lipinski definition) is 5. The summed E-state index contributed by atoms with van der Waals surface area (Å²) < 4.78 is 7.05. The minimum atomic E-state index is -0.526. The van der Waals surface area contributed by atoms with E-state index in [1.54, 1.807) is 11.6 Å². The van der Waals surface area contributed by atoms with Crippen LogP contribution >= 0.6 is 11.3 Å². The summed E-state index contributed by atoms with van der Waals surface area (Å²) in [6.07, 6.45) is 11.2. The van der Waals surface area contributed by atoms with Crippen LogP contribution in [0.5, 0.6) is 0 Å². The summed E-state index contributed by atoms with van der Waals surface area (Å²) in [5.41, 5.74) is -0.306. The van der Waals surface area contributed by atoms with E-state index in [2.05, 4.69) is 4.98 Å². The van der Waals surface area contributed by atoms with Crippen LogP contribution in [0.15, 0.2) is 22.6 Å². The molecular formula is C17H20N2O3S. The van der Waals surface area contributed by atoms with Crippen LogP contribution in [0.2, 0.25) is 0 Å². The number of rotatable bonds is 2. The number of esters is 1. The number of carbonyl (C=O) groups excluding carboxylic acids is 1. The van der Waals surface area contributed by atoms with Crippen molar-refractivity contribution < 1.29 is 9.53 Å². The Balaban J connectivity index is 1.48. The van der Waals surface area contributed by atoms with Gasteiger partial charge in [0.1, 0.15) is 11.7 Å². The standard InChI is InChI=1S/C17H20N2O3S/c20-15-14(10-18-17-19(15)7-8-23-17)16(21)22-13-6-5-11-3-1-2-4-12(11)9-13/h7-8,10-13H,1-6,9H2/t11-,12-,13-/m1/s1. The molecule has 2 aliphatic carbocycles. The number of ether oxygens (including phenoxy) is 1. The Labute approximate surface area is 138 Å². The SMILES string of the molecule is O=C(O[C@@H]1CC[C@H]2CCCC[C@@H]2C1)c1cnc2sccn2c1=O. The van der Waals surface area contributed by atoms with Gasteiger partial charge in [-0.15, -0.1) is 11.3 Å². The van der Waals surface area contributed by atoms with Gasteiger partial charge in [-0.1, -0.05) is 25.7 Å². The Bertz CT molecular complexity index is 781. The molecule has 2 aromatic heterocycles. The van der Waals surface area contributed by atoms with E-state index in [9.17, 15) is 9.59 Å². The monoisotopic (exact) mass is 332 g/mol. The smallest absolute Gasteiger partial charge is 0.345 e. The second-order valence-electron chi connectivity index (χ2n) is 6.68. The number of nitrogens with zero attached hydrogens (tertiary/aromatic N) is 2. The van der Waals surface area contributed by atoms with E-state index in [-0.39, 0.29) is 17.2 Å². The third-order valence-electron chi connectivity index (χ3n) is 5.33. The molecule has 0 aliphatic heterocycles. The van der Waals surface area contributed by atoms with Crippen LogP contribution < -0.4 is 5.56 Å². The zero-order valence-corrected chi connectivity index (χ0v) is 13.8. The van der Waals surface area contributed by atoms with Crippen molar-refractivity contribution in [2.75, 3.05) is 0 Å². The Hall–Kier alpha value is -1.69. The minimum absolute atomic E-state index is 0.0340. The molecule has 2 fully saturated rings. The van der Waals surface area contributed by atoms with Gasteiger partial charge in [-0.05, 0) is 31.1 Å². The summed E-state index contributed by atoms with van der Waals surface area (Å²) in [7, 11) is 0. The molecule has 0 aromatic carbocycles. The Morgan fingerprint density at radius 3 is 2.91 bits per heavy atom. The molecule has 122 valence electrons. The number of hydrogen-bond donors (Lipinski definition) is 0. The number of thiazole rings is 1. The van der Waals surface area contributed by atoms with Crippen molar-refractivity contribution in [1.29, 1.82) is 0 Å². The first kappa shape index (κ1) is 14.9. The zero-order valence-electron chi connectivity index (χ0n) is 12.9. The molecule has 23 heavy (non-hydrogen) atoms. The number of aromatic nitrogens is 2. The lowest BCUT2D eigenvalue weighted by atomic mass is 9.70. The highest BCUT2D eigenvalue weighted by Crippen LogP contribution is 2.41. The summed E-state index contributed by atoms with van der Waals surface area (Å²) >= 11 is 1.37. The summed E-state index contributed by atoms with van der Waals surface area (Å²) in [5, 5.41) is 1.78. The summed E-state index contributed by atoms with van der Waals surface area (Å²) in [6, 6.07) is 0. The molecule has 2 aromatic rings. The van der Waals surface area contributed by atoms with Crippen LogP contribution in [0.1, 0.15) is 55.3 Å². The van der Waals surface area contributed by atoms with E-state index in [1.807, 2.05) is 0 Å². The van der Waals surface area contributed by atoms with E-state index < -0.39 is 5.97 Å².